The van der Waals surface area contributed by atoms with Gasteiger partial charge in [0.1, 0.15) is 0 Å². The average Bonchev–Trinajstić information content (AvgIpc) is 2.81. The van der Waals surface area contributed by atoms with Crippen molar-refractivity contribution in [3.8, 4) is 11.3 Å². The highest BCUT2D eigenvalue weighted by atomic mass is 79.9. The zero-order valence-electron chi connectivity index (χ0n) is 9.72. The van der Waals surface area contributed by atoms with Crippen molar-refractivity contribution in [2.75, 3.05) is 0 Å². The normalized spacial score (nSPS) is 10.8. The second kappa shape index (κ2) is 4.51. The molecule has 5 heteroatoms. The molecule has 0 spiro atoms. The number of aromatic carboxylic acids is 1. The quantitative estimate of drug-likeness (QED) is 0.757. The summed E-state index contributed by atoms with van der Waals surface area (Å²) in [6.45, 7) is 0. The first-order valence-corrected chi connectivity index (χ1v) is 6.42. The Morgan fingerprint density at radius 2 is 2.05 bits per heavy atom. The second-order valence-electron chi connectivity index (χ2n) is 4.15. The molecule has 3 aromatic rings. The standard InChI is InChI=1S/C14H9BrN2O2/c15-10-3-1-2-8(6-10)13-11-7-9(14(18)19)4-5-12(11)16-17-13/h1-7H,(H,16,17)(H,18,19). The molecule has 0 aliphatic carbocycles. The van der Waals surface area contributed by atoms with Crippen LogP contribution in [0.5, 0.6) is 0 Å². The second-order valence-corrected chi connectivity index (χ2v) is 5.06. The molecule has 4 nitrogen and oxygen atoms in total. The van der Waals surface area contributed by atoms with Crippen LogP contribution in [0.3, 0.4) is 0 Å². The van der Waals surface area contributed by atoms with E-state index >= 15 is 0 Å². The van der Waals surface area contributed by atoms with Crippen molar-refractivity contribution in [1.82, 2.24) is 10.2 Å². The van der Waals surface area contributed by atoms with Crippen molar-refractivity contribution in [3.05, 3.63) is 52.5 Å². The number of carboxylic acid groups (broad SMARTS) is 1. The minimum Gasteiger partial charge on any atom is -0.478 e. The summed E-state index contributed by atoms with van der Waals surface area (Å²) in [5.74, 6) is -0.941. The molecule has 0 saturated carbocycles. The summed E-state index contributed by atoms with van der Waals surface area (Å²) in [6, 6.07) is 12.7. The maximum Gasteiger partial charge on any atom is 0.335 e. The summed E-state index contributed by atoms with van der Waals surface area (Å²) in [5, 5.41) is 17.0. The van der Waals surface area contributed by atoms with Crippen LogP contribution in [0.2, 0.25) is 0 Å². The van der Waals surface area contributed by atoms with E-state index in [1.165, 1.54) is 0 Å². The molecular formula is C14H9BrN2O2. The molecule has 19 heavy (non-hydrogen) atoms. The van der Waals surface area contributed by atoms with Gasteiger partial charge in [-0.15, -0.1) is 0 Å². The summed E-state index contributed by atoms with van der Waals surface area (Å²) in [4.78, 5) is 11.0. The SMILES string of the molecule is O=C(O)c1ccc2[nH]nc(-c3cccc(Br)c3)c2c1. The van der Waals surface area contributed by atoms with Gasteiger partial charge in [0, 0.05) is 15.4 Å². The van der Waals surface area contributed by atoms with Gasteiger partial charge in [0.2, 0.25) is 0 Å². The van der Waals surface area contributed by atoms with E-state index in [1.54, 1.807) is 18.2 Å². The van der Waals surface area contributed by atoms with Gasteiger partial charge in [0.05, 0.1) is 16.8 Å². The van der Waals surface area contributed by atoms with Gasteiger partial charge < -0.3 is 5.11 Å². The van der Waals surface area contributed by atoms with E-state index < -0.39 is 5.97 Å². The van der Waals surface area contributed by atoms with Crippen LogP contribution in [0.25, 0.3) is 22.2 Å². The van der Waals surface area contributed by atoms with Crippen LogP contribution in [0, 0.1) is 0 Å². The van der Waals surface area contributed by atoms with Crippen LogP contribution in [0.4, 0.5) is 0 Å². The van der Waals surface area contributed by atoms with E-state index in [9.17, 15) is 4.79 Å². The smallest absolute Gasteiger partial charge is 0.335 e. The third-order valence-corrected chi connectivity index (χ3v) is 3.40. The largest absolute Gasteiger partial charge is 0.478 e. The molecule has 1 aromatic heterocycles. The Morgan fingerprint density at radius 1 is 1.21 bits per heavy atom. The van der Waals surface area contributed by atoms with Gasteiger partial charge in [-0.1, -0.05) is 28.1 Å². The van der Waals surface area contributed by atoms with Gasteiger partial charge in [-0.2, -0.15) is 5.10 Å². The Bertz CT molecular complexity index is 780. The van der Waals surface area contributed by atoms with E-state index in [1.807, 2.05) is 24.3 Å². The number of benzene rings is 2. The number of carbonyl (C=O) groups is 1. The highest BCUT2D eigenvalue weighted by Gasteiger charge is 2.11. The van der Waals surface area contributed by atoms with E-state index in [0.29, 0.717) is 0 Å². The summed E-state index contributed by atoms with van der Waals surface area (Å²) in [5.41, 5.74) is 2.76. The minimum absolute atomic E-state index is 0.255. The monoisotopic (exact) mass is 316 g/mol. The van der Waals surface area contributed by atoms with Gasteiger partial charge in [-0.3, -0.25) is 5.10 Å². The fraction of sp³-hybridized carbons (Fsp3) is 0. The first-order valence-electron chi connectivity index (χ1n) is 5.62. The zero-order valence-corrected chi connectivity index (χ0v) is 11.3. The van der Waals surface area contributed by atoms with Crippen molar-refractivity contribution in [1.29, 1.82) is 0 Å². The summed E-state index contributed by atoms with van der Waals surface area (Å²) < 4.78 is 0.954. The number of carboxylic acids is 1. The van der Waals surface area contributed by atoms with Gasteiger partial charge in [0.25, 0.3) is 0 Å². The summed E-state index contributed by atoms with van der Waals surface area (Å²) in [7, 11) is 0. The number of hydrogen-bond donors (Lipinski definition) is 2. The molecule has 0 fully saturated rings. The molecule has 0 atom stereocenters. The number of halogens is 1. The molecule has 3 rings (SSSR count). The third-order valence-electron chi connectivity index (χ3n) is 2.91. The molecular weight excluding hydrogens is 308 g/mol. The number of nitrogens with zero attached hydrogens (tertiary/aromatic N) is 1. The van der Waals surface area contributed by atoms with Crippen molar-refractivity contribution in [2.24, 2.45) is 0 Å². The molecule has 94 valence electrons. The summed E-state index contributed by atoms with van der Waals surface area (Å²) in [6.07, 6.45) is 0. The zero-order chi connectivity index (χ0) is 13.4. The molecule has 0 radical (unpaired) electrons. The van der Waals surface area contributed by atoms with Crippen LogP contribution >= 0.6 is 15.9 Å². The molecule has 0 unspecified atom stereocenters. The maximum atomic E-state index is 11.0. The van der Waals surface area contributed by atoms with Crippen LogP contribution in [0.15, 0.2) is 46.9 Å². The minimum atomic E-state index is -0.941. The molecule has 0 amide bonds. The number of fused-ring (bicyclic) bond motifs is 1. The lowest BCUT2D eigenvalue weighted by Crippen LogP contribution is -1.94. The first kappa shape index (κ1) is 11.9. The van der Waals surface area contributed by atoms with Crippen LogP contribution in [-0.4, -0.2) is 21.3 Å². The van der Waals surface area contributed by atoms with E-state index in [-0.39, 0.29) is 5.56 Å². The van der Waals surface area contributed by atoms with E-state index in [2.05, 4.69) is 26.1 Å². The predicted octanol–water partition coefficient (Wildman–Crippen LogP) is 3.69. The lowest BCUT2D eigenvalue weighted by atomic mass is 10.1. The van der Waals surface area contributed by atoms with Crippen molar-refractivity contribution >= 4 is 32.8 Å². The number of aromatic amines is 1. The fourth-order valence-electron chi connectivity index (χ4n) is 2.00. The molecule has 0 bridgehead atoms. The first-order chi connectivity index (χ1) is 9.15. The molecule has 0 saturated heterocycles. The number of nitrogens with one attached hydrogen (secondary N) is 1. The third kappa shape index (κ3) is 2.13. The number of hydrogen-bond acceptors (Lipinski definition) is 2. The van der Waals surface area contributed by atoms with Gasteiger partial charge >= 0.3 is 5.97 Å². The molecule has 2 N–H and O–H groups in total. The summed E-state index contributed by atoms with van der Waals surface area (Å²) >= 11 is 3.42. The van der Waals surface area contributed by atoms with E-state index in [0.717, 1.165) is 26.6 Å². The van der Waals surface area contributed by atoms with Crippen molar-refractivity contribution in [3.63, 3.8) is 0 Å². The Kier molecular flexibility index (Phi) is 2.83. The van der Waals surface area contributed by atoms with E-state index in [4.69, 9.17) is 5.11 Å². The lowest BCUT2D eigenvalue weighted by Gasteiger charge is -2.00. The fourth-order valence-corrected chi connectivity index (χ4v) is 2.40. The maximum absolute atomic E-state index is 11.0. The molecule has 0 aliphatic heterocycles. The van der Waals surface area contributed by atoms with Crippen molar-refractivity contribution < 1.29 is 9.90 Å². The lowest BCUT2D eigenvalue weighted by molar-refractivity contribution is 0.0697. The molecule has 1 heterocycles. The van der Waals surface area contributed by atoms with Crippen LogP contribution < -0.4 is 0 Å². The van der Waals surface area contributed by atoms with Gasteiger partial charge in [-0.25, -0.2) is 4.79 Å². The number of aromatic nitrogens is 2. The highest BCUT2D eigenvalue weighted by Crippen LogP contribution is 2.28. The highest BCUT2D eigenvalue weighted by molar-refractivity contribution is 9.10. The van der Waals surface area contributed by atoms with Gasteiger partial charge in [0.15, 0.2) is 0 Å². The number of rotatable bonds is 2. The Balaban J connectivity index is 2.24. The van der Waals surface area contributed by atoms with Crippen LogP contribution in [-0.2, 0) is 0 Å². The molecule has 0 aliphatic rings. The Hall–Kier alpha value is -2.14. The molecule has 2 aromatic carbocycles. The number of H-pyrrole nitrogens is 1. The Morgan fingerprint density at radius 3 is 2.79 bits per heavy atom. The topological polar surface area (TPSA) is 66.0 Å². The van der Waals surface area contributed by atoms with Gasteiger partial charge in [-0.05, 0) is 30.3 Å². The van der Waals surface area contributed by atoms with Crippen molar-refractivity contribution in [2.45, 2.75) is 0 Å². The average molecular weight is 317 g/mol. The predicted molar refractivity (Wildman–Crippen MR) is 76.2 cm³/mol. The van der Waals surface area contributed by atoms with Crippen LogP contribution in [0.1, 0.15) is 10.4 Å². The Labute approximate surface area is 117 Å².